The molecular weight excluding hydrogens is 268 g/mol. The minimum absolute atomic E-state index is 0.352. The molecule has 1 aromatic rings. The smallest absolute Gasteiger partial charge is 0.218 e. The zero-order valence-corrected chi connectivity index (χ0v) is 12.7. The molecule has 0 saturated carbocycles. The Balaban J connectivity index is 1.99. The summed E-state index contributed by atoms with van der Waals surface area (Å²) in [7, 11) is 0. The number of nitrogens with two attached hydrogens (primary N) is 1. The second-order valence-corrected chi connectivity index (χ2v) is 5.28. The summed E-state index contributed by atoms with van der Waals surface area (Å²) in [6.45, 7) is 5.81. The third-order valence-electron chi connectivity index (χ3n) is 3.70. The molecule has 2 rings (SSSR count). The van der Waals surface area contributed by atoms with Gasteiger partial charge < -0.3 is 14.9 Å². The van der Waals surface area contributed by atoms with Crippen molar-refractivity contribution < 1.29 is 9.47 Å². The highest BCUT2D eigenvalue weighted by molar-refractivity contribution is 5.36. The molecule has 1 aliphatic carbocycles. The molecule has 0 spiro atoms. The van der Waals surface area contributed by atoms with Crippen molar-refractivity contribution in [2.24, 2.45) is 17.7 Å². The van der Waals surface area contributed by atoms with Gasteiger partial charge >= 0.3 is 0 Å². The Morgan fingerprint density at radius 3 is 2.86 bits per heavy atom. The Morgan fingerprint density at radius 2 is 2.14 bits per heavy atom. The number of hydrogen-bond donors (Lipinski definition) is 2. The lowest BCUT2D eigenvalue weighted by atomic mass is 9.85. The Kier molecular flexibility index (Phi) is 5.95. The number of allylic oxidation sites excluding steroid dienone is 2. The zero-order chi connectivity index (χ0) is 15.1. The quantitative estimate of drug-likeness (QED) is 0.456. The highest BCUT2D eigenvalue weighted by Gasteiger charge is 2.19. The van der Waals surface area contributed by atoms with Gasteiger partial charge in [-0.1, -0.05) is 19.1 Å². The van der Waals surface area contributed by atoms with Crippen LogP contribution in [-0.4, -0.2) is 23.2 Å². The first-order valence-corrected chi connectivity index (χ1v) is 7.43. The van der Waals surface area contributed by atoms with E-state index in [1.807, 2.05) is 6.92 Å². The van der Waals surface area contributed by atoms with Crippen molar-refractivity contribution in [1.82, 2.24) is 9.97 Å². The van der Waals surface area contributed by atoms with Gasteiger partial charge in [0.15, 0.2) is 5.82 Å². The van der Waals surface area contributed by atoms with E-state index < -0.39 is 0 Å². The number of aromatic nitrogens is 2. The van der Waals surface area contributed by atoms with Crippen molar-refractivity contribution in [3.63, 3.8) is 0 Å². The van der Waals surface area contributed by atoms with Crippen LogP contribution in [0, 0.1) is 11.8 Å². The highest BCUT2D eigenvalue weighted by atomic mass is 16.5. The minimum Gasteiger partial charge on any atom is -0.477 e. The van der Waals surface area contributed by atoms with Crippen LogP contribution < -0.4 is 16.0 Å². The van der Waals surface area contributed by atoms with Gasteiger partial charge in [0, 0.05) is 12.7 Å². The molecule has 21 heavy (non-hydrogen) atoms. The van der Waals surface area contributed by atoms with Crippen molar-refractivity contribution in [2.45, 2.75) is 33.3 Å². The van der Waals surface area contributed by atoms with E-state index in [-0.39, 0.29) is 0 Å². The molecule has 0 bridgehead atoms. The topological polar surface area (TPSA) is 82.3 Å². The molecule has 1 heterocycles. The molecule has 6 nitrogen and oxygen atoms in total. The number of rotatable bonds is 7. The second kappa shape index (κ2) is 7.95. The van der Waals surface area contributed by atoms with Crippen LogP contribution >= 0.6 is 0 Å². The summed E-state index contributed by atoms with van der Waals surface area (Å²) in [5.74, 6) is 8.22. The fourth-order valence-corrected chi connectivity index (χ4v) is 2.31. The average molecular weight is 292 g/mol. The monoisotopic (exact) mass is 292 g/mol. The lowest BCUT2D eigenvalue weighted by molar-refractivity contribution is 0.126. The van der Waals surface area contributed by atoms with Crippen LogP contribution in [0.15, 0.2) is 18.2 Å². The molecular formula is C15H24N4O2. The van der Waals surface area contributed by atoms with E-state index in [1.54, 1.807) is 6.07 Å². The predicted octanol–water partition coefficient (Wildman–Crippen LogP) is 2.28. The first-order chi connectivity index (χ1) is 10.2. The third-order valence-corrected chi connectivity index (χ3v) is 3.70. The molecule has 3 N–H and O–H groups in total. The molecule has 0 saturated heterocycles. The van der Waals surface area contributed by atoms with Gasteiger partial charge in [-0.15, -0.1) is 0 Å². The lowest BCUT2D eigenvalue weighted by Gasteiger charge is -2.25. The van der Waals surface area contributed by atoms with Gasteiger partial charge in [-0.2, -0.15) is 4.98 Å². The SMILES string of the molecule is CCOCc1nc(NN)cc(OCC2CC=CCC2C)n1. The third kappa shape index (κ3) is 4.68. The summed E-state index contributed by atoms with van der Waals surface area (Å²) in [5.41, 5.74) is 2.53. The first-order valence-electron chi connectivity index (χ1n) is 7.43. The molecule has 0 radical (unpaired) electrons. The molecule has 1 aliphatic rings. The van der Waals surface area contributed by atoms with E-state index >= 15 is 0 Å². The molecule has 116 valence electrons. The summed E-state index contributed by atoms with van der Waals surface area (Å²) < 4.78 is 11.2. The normalized spacial score (nSPS) is 21.3. The van der Waals surface area contributed by atoms with E-state index in [1.165, 1.54) is 0 Å². The Hall–Kier alpha value is -1.66. The first kappa shape index (κ1) is 15.7. The van der Waals surface area contributed by atoms with Gasteiger partial charge in [0.05, 0.1) is 6.61 Å². The zero-order valence-electron chi connectivity index (χ0n) is 12.7. The Bertz CT molecular complexity index is 479. The van der Waals surface area contributed by atoms with Crippen LogP contribution in [0.1, 0.15) is 32.5 Å². The van der Waals surface area contributed by atoms with Gasteiger partial charge in [0.2, 0.25) is 5.88 Å². The summed E-state index contributed by atoms with van der Waals surface area (Å²) in [6, 6.07) is 1.71. The Labute approximate surface area is 125 Å². The number of nitrogens with one attached hydrogen (secondary N) is 1. The predicted molar refractivity (Wildman–Crippen MR) is 81.7 cm³/mol. The van der Waals surface area contributed by atoms with Crippen LogP contribution in [0.2, 0.25) is 0 Å². The second-order valence-electron chi connectivity index (χ2n) is 5.28. The molecule has 2 atom stereocenters. The van der Waals surface area contributed by atoms with Crippen LogP contribution in [0.5, 0.6) is 5.88 Å². The van der Waals surface area contributed by atoms with E-state index in [2.05, 4.69) is 34.5 Å². The van der Waals surface area contributed by atoms with E-state index in [0.717, 1.165) is 12.8 Å². The number of nitrogens with zero attached hydrogens (tertiary/aromatic N) is 2. The van der Waals surface area contributed by atoms with E-state index in [0.29, 0.717) is 49.2 Å². The average Bonchev–Trinajstić information content (AvgIpc) is 2.52. The van der Waals surface area contributed by atoms with Gasteiger partial charge in [0.25, 0.3) is 0 Å². The molecule has 6 heteroatoms. The number of anilines is 1. The van der Waals surface area contributed by atoms with Crippen molar-refractivity contribution in [2.75, 3.05) is 18.6 Å². The Morgan fingerprint density at radius 1 is 1.33 bits per heavy atom. The van der Waals surface area contributed by atoms with Crippen LogP contribution in [0.3, 0.4) is 0 Å². The van der Waals surface area contributed by atoms with Crippen molar-refractivity contribution >= 4 is 5.82 Å². The van der Waals surface area contributed by atoms with Gasteiger partial charge in [-0.25, -0.2) is 10.8 Å². The van der Waals surface area contributed by atoms with Gasteiger partial charge in [0.1, 0.15) is 12.4 Å². The molecule has 2 unspecified atom stereocenters. The van der Waals surface area contributed by atoms with Crippen LogP contribution in [0.25, 0.3) is 0 Å². The van der Waals surface area contributed by atoms with E-state index in [9.17, 15) is 0 Å². The standard InChI is InChI=1S/C15H24N4O2/c1-3-20-10-14-17-13(19-16)8-15(18-14)21-9-12-7-5-4-6-11(12)2/h4-5,8,11-12H,3,6-7,9-10,16H2,1-2H3,(H,17,18,19). The van der Waals surface area contributed by atoms with Crippen LogP contribution in [-0.2, 0) is 11.3 Å². The summed E-state index contributed by atoms with van der Waals surface area (Å²) in [4.78, 5) is 8.59. The fraction of sp³-hybridized carbons (Fsp3) is 0.600. The van der Waals surface area contributed by atoms with E-state index in [4.69, 9.17) is 15.3 Å². The summed E-state index contributed by atoms with van der Waals surface area (Å²) in [6.07, 6.45) is 6.63. The van der Waals surface area contributed by atoms with Gasteiger partial charge in [-0.3, -0.25) is 0 Å². The largest absolute Gasteiger partial charge is 0.477 e. The number of nitrogen functional groups attached to an aromatic ring is 1. The van der Waals surface area contributed by atoms with Crippen molar-refractivity contribution in [1.29, 1.82) is 0 Å². The lowest BCUT2D eigenvalue weighted by Crippen LogP contribution is -2.21. The maximum Gasteiger partial charge on any atom is 0.218 e. The maximum atomic E-state index is 5.84. The molecule has 0 amide bonds. The van der Waals surface area contributed by atoms with Crippen molar-refractivity contribution in [3.05, 3.63) is 24.0 Å². The van der Waals surface area contributed by atoms with Gasteiger partial charge in [-0.05, 0) is 31.6 Å². The molecule has 1 aromatic heterocycles. The number of ether oxygens (including phenoxy) is 2. The van der Waals surface area contributed by atoms with Crippen LogP contribution in [0.4, 0.5) is 5.82 Å². The molecule has 0 aromatic carbocycles. The molecule has 0 aliphatic heterocycles. The van der Waals surface area contributed by atoms with Crippen molar-refractivity contribution in [3.8, 4) is 5.88 Å². The maximum absolute atomic E-state index is 5.84. The fourth-order valence-electron chi connectivity index (χ4n) is 2.31. The summed E-state index contributed by atoms with van der Waals surface area (Å²) in [5, 5.41) is 0. The minimum atomic E-state index is 0.352. The number of hydrazine groups is 1. The number of hydrogen-bond acceptors (Lipinski definition) is 6. The highest BCUT2D eigenvalue weighted by Crippen LogP contribution is 2.26. The summed E-state index contributed by atoms with van der Waals surface area (Å²) >= 11 is 0. The molecule has 0 fully saturated rings.